The van der Waals surface area contributed by atoms with E-state index in [1.165, 1.54) is 18.5 Å². The second kappa shape index (κ2) is 11.6. The minimum absolute atomic E-state index is 0.0952. The van der Waals surface area contributed by atoms with E-state index < -0.39 is 35.4 Å². The molecule has 0 aliphatic heterocycles. The number of ether oxygens (including phenoxy) is 1. The molecule has 0 spiro atoms. The monoisotopic (exact) mass is 564 g/mol. The van der Waals surface area contributed by atoms with Gasteiger partial charge in [-0.1, -0.05) is 12.1 Å². The molecule has 3 rings (SSSR count). The summed E-state index contributed by atoms with van der Waals surface area (Å²) in [6.07, 6.45) is -5.90. The molecular weight excluding hydrogens is 542 g/mol. The third-order valence-corrected chi connectivity index (χ3v) is 5.17. The van der Waals surface area contributed by atoms with Gasteiger partial charge in [0, 0.05) is 30.0 Å². The molecule has 1 amide bonds. The van der Waals surface area contributed by atoms with Crippen LogP contribution in [0.1, 0.15) is 11.1 Å². The number of carbonyl (C=O) groups is 2. The van der Waals surface area contributed by atoms with Crippen LogP contribution < -0.4 is 11.5 Å². The number of amides is 1. The van der Waals surface area contributed by atoms with E-state index in [-0.39, 0.29) is 22.8 Å². The van der Waals surface area contributed by atoms with Gasteiger partial charge >= 0.3 is 18.3 Å². The highest BCUT2D eigenvalue weighted by atomic mass is 19.4. The summed E-state index contributed by atoms with van der Waals surface area (Å²) in [5, 5.41) is 21.4. The molecule has 2 heterocycles. The molecule has 39 heavy (non-hydrogen) atoms. The topological polar surface area (TPSA) is 179 Å². The summed E-state index contributed by atoms with van der Waals surface area (Å²) in [5.74, 6) is -4.60. The number of rotatable bonds is 7. The second-order valence-corrected chi connectivity index (χ2v) is 7.88. The Labute approximate surface area is 216 Å². The van der Waals surface area contributed by atoms with E-state index in [1.807, 2.05) is 0 Å². The van der Waals surface area contributed by atoms with Crippen molar-refractivity contribution in [2.75, 3.05) is 19.5 Å². The van der Waals surface area contributed by atoms with Gasteiger partial charge < -0.3 is 26.4 Å². The number of aromatic nitrogens is 4. The lowest BCUT2D eigenvalue weighted by Crippen LogP contribution is -2.52. The summed E-state index contributed by atoms with van der Waals surface area (Å²) in [6, 6.07) is 3.33. The molecule has 0 saturated carbocycles. The fourth-order valence-electron chi connectivity index (χ4n) is 3.10. The van der Waals surface area contributed by atoms with Crippen LogP contribution in [-0.2, 0) is 26.5 Å². The van der Waals surface area contributed by atoms with Gasteiger partial charge in [0.2, 0.25) is 0 Å². The van der Waals surface area contributed by atoms with Crippen LogP contribution in [0.5, 0.6) is 0 Å². The summed E-state index contributed by atoms with van der Waals surface area (Å²) in [5.41, 5.74) is 8.02. The number of primary amides is 1. The zero-order chi connectivity index (χ0) is 29.8. The number of nitrogens with two attached hydrogens (primary N) is 2. The number of carboxylic acid groups (broad SMARTS) is 1. The summed E-state index contributed by atoms with van der Waals surface area (Å²) in [7, 11) is 1.56. The van der Waals surface area contributed by atoms with E-state index in [2.05, 4.69) is 15.1 Å². The molecular formula is C22H22F6N6O5. The molecule has 17 heteroatoms. The Balaban J connectivity index is 0.000000673. The van der Waals surface area contributed by atoms with Crippen LogP contribution in [0.25, 0.3) is 22.5 Å². The smallest absolute Gasteiger partial charge is 0.475 e. The van der Waals surface area contributed by atoms with Crippen molar-refractivity contribution >= 4 is 17.7 Å². The van der Waals surface area contributed by atoms with E-state index in [9.17, 15) is 36.2 Å². The number of alkyl halides is 6. The highest BCUT2D eigenvalue weighted by molar-refractivity contribution is 5.86. The lowest BCUT2D eigenvalue weighted by Gasteiger charge is -2.28. The van der Waals surface area contributed by atoms with Crippen LogP contribution in [0, 0.1) is 6.92 Å². The lowest BCUT2D eigenvalue weighted by atomic mass is 9.89. The van der Waals surface area contributed by atoms with Gasteiger partial charge in [-0.2, -0.15) is 31.4 Å². The third-order valence-electron chi connectivity index (χ3n) is 5.17. The van der Waals surface area contributed by atoms with Crippen molar-refractivity contribution < 1.29 is 50.9 Å². The Kier molecular flexibility index (Phi) is 9.25. The number of aliphatic hydroxyl groups is 1. The first-order valence-corrected chi connectivity index (χ1v) is 10.6. The molecule has 0 radical (unpaired) electrons. The van der Waals surface area contributed by atoms with Gasteiger partial charge in [0.05, 0.1) is 31.2 Å². The van der Waals surface area contributed by atoms with Gasteiger partial charge in [0.1, 0.15) is 11.5 Å². The summed E-state index contributed by atoms with van der Waals surface area (Å²) >= 11 is 0. The third kappa shape index (κ3) is 6.99. The first kappa shape index (κ1) is 31.0. The Morgan fingerprint density at radius 1 is 1.13 bits per heavy atom. The largest absolute Gasteiger partial charge is 0.490 e. The van der Waals surface area contributed by atoms with Crippen LogP contribution in [0.15, 0.2) is 36.8 Å². The summed E-state index contributed by atoms with van der Waals surface area (Å²) in [6.45, 7) is 2.57. The zero-order valence-electron chi connectivity index (χ0n) is 20.2. The van der Waals surface area contributed by atoms with Gasteiger partial charge in [-0.15, -0.1) is 0 Å². The van der Waals surface area contributed by atoms with Gasteiger partial charge in [0.15, 0.2) is 0 Å². The molecule has 0 fully saturated rings. The molecule has 0 aliphatic rings. The Hall–Kier alpha value is -4.25. The molecule has 3 aromatic rings. The number of carbonyl (C=O) groups excluding carboxylic acids is 1. The molecule has 2 aromatic heterocycles. The van der Waals surface area contributed by atoms with Gasteiger partial charge in [0.25, 0.3) is 11.5 Å². The average Bonchev–Trinajstić information content (AvgIpc) is 3.30. The van der Waals surface area contributed by atoms with Crippen molar-refractivity contribution in [3.63, 3.8) is 0 Å². The first-order chi connectivity index (χ1) is 17.9. The molecule has 0 bridgehead atoms. The molecule has 6 N–H and O–H groups in total. The first-order valence-electron chi connectivity index (χ1n) is 10.6. The highest BCUT2D eigenvalue weighted by Gasteiger charge is 2.60. The Morgan fingerprint density at radius 3 is 2.26 bits per heavy atom. The SMILES string of the molecule is COCCn1cc(-c2nc(-c3cc(C(O)(C(N)=O)C(F)(F)F)ccc3C)cnc2N)cn1.O=C(O)C(F)(F)F. The number of hydrogen-bond donors (Lipinski definition) is 4. The average molecular weight is 564 g/mol. The lowest BCUT2D eigenvalue weighted by molar-refractivity contribution is -0.255. The number of carboxylic acids is 1. The van der Waals surface area contributed by atoms with Gasteiger partial charge in [-0.3, -0.25) is 9.48 Å². The van der Waals surface area contributed by atoms with Crippen molar-refractivity contribution in [1.82, 2.24) is 19.7 Å². The molecule has 1 unspecified atom stereocenters. The Morgan fingerprint density at radius 2 is 1.74 bits per heavy atom. The number of aliphatic carboxylic acids is 1. The van der Waals surface area contributed by atoms with E-state index in [4.69, 9.17) is 26.1 Å². The van der Waals surface area contributed by atoms with Crippen molar-refractivity contribution in [2.45, 2.75) is 31.4 Å². The predicted octanol–water partition coefficient (Wildman–Crippen LogP) is 2.41. The van der Waals surface area contributed by atoms with Crippen molar-refractivity contribution in [3.05, 3.63) is 47.9 Å². The van der Waals surface area contributed by atoms with Crippen molar-refractivity contribution in [2.24, 2.45) is 5.73 Å². The number of hydrogen-bond acceptors (Lipinski definition) is 8. The number of nitrogens with zero attached hydrogens (tertiary/aromatic N) is 4. The fraction of sp³-hybridized carbons (Fsp3) is 0.318. The van der Waals surface area contributed by atoms with Crippen LogP contribution >= 0.6 is 0 Å². The van der Waals surface area contributed by atoms with Crippen LogP contribution in [0.2, 0.25) is 0 Å². The fourth-order valence-corrected chi connectivity index (χ4v) is 3.10. The normalized spacial score (nSPS) is 13.3. The second-order valence-electron chi connectivity index (χ2n) is 7.88. The number of benzene rings is 1. The Bertz CT molecular complexity index is 1340. The van der Waals surface area contributed by atoms with Gasteiger partial charge in [-0.25, -0.2) is 14.8 Å². The quantitative estimate of drug-likeness (QED) is 0.314. The molecule has 212 valence electrons. The minimum atomic E-state index is -5.32. The van der Waals surface area contributed by atoms with Crippen molar-refractivity contribution in [1.29, 1.82) is 0 Å². The molecule has 1 aromatic carbocycles. The maximum atomic E-state index is 13.5. The maximum absolute atomic E-state index is 13.5. The standard InChI is InChI=1S/C20H21F3N6O3.C2HF3O2/c1-11-3-4-13(19(31,18(25)30)20(21,22)23)7-14(11)15-9-26-17(24)16(28-15)12-8-27-29(10-12)5-6-32-2;3-2(4,5)1(6)7/h3-4,7-10,31H,5-6H2,1-2H3,(H2,24,26)(H2,25,30);(H,6,7). The number of methoxy groups -OCH3 is 1. The number of nitrogen functional groups attached to an aromatic ring is 1. The number of anilines is 1. The molecule has 0 saturated heterocycles. The van der Waals surface area contributed by atoms with Crippen LogP contribution in [0.3, 0.4) is 0 Å². The summed E-state index contributed by atoms with van der Waals surface area (Å²) < 4.78 is 78.8. The number of halogens is 6. The summed E-state index contributed by atoms with van der Waals surface area (Å²) in [4.78, 5) is 29.0. The van der Waals surface area contributed by atoms with Crippen molar-refractivity contribution in [3.8, 4) is 22.5 Å². The van der Waals surface area contributed by atoms with E-state index >= 15 is 0 Å². The van der Waals surface area contributed by atoms with Gasteiger partial charge in [-0.05, 0) is 18.6 Å². The molecule has 11 nitrogen and oxygen atoms in total. The zero-order valence-corrected chi connectivity index (χ0v) is 20.2. The minimum Gasteiger partial charge on any atom is -0.475 e. The number of aryl methyl sites for hydroxylation is 1. The van der Waals surface area contributed by atoms with E-state index in [1.54, 1.807) is 24.9 Å². The molecule has 1 atom stereocenters. The highest BCUT2D eigenvalue weighted by Crippen LogP contribution is 2.40. The van der Waals surface area contributed by atoms with Crippen LogP contribution in [-0.4, -0.2) is 67.9 Å². The predicted molar refractivity (Wildman–Crippen MR) is 123 cm³/mol. The molecule has 0 aliphatic carbocycles. The van der Waals surface area contributed by atoms with E-state index in [0.29, 0.717) is 24.3 Å². The van der Waals surface area contributed by atoms with E-state index in [0.717, 1.165) is 12.1 Å². The maximum Gasteiger partial charge on any atom is 0.490 e. The van der Waals surface area contributed by atoms with Crippen LogP contribution in [0.4, 0.5) is 32.2 Å².